The molecule has 1 aromatic rings. The van der Waals surface area contributed by atoms with Crippen molar-refractivity contribution in [2.24, 2.45) is 5.73 Å². The Bertz CT molecular complexity index is 427. The Labute approximate surface area is 111 Å². The van der Waals surface area contributed by atoms with E-state index in [1.807, 2.05) is 13.0 Å². The van der Waals surface area contributed by atoms with Gasteiger partial charge in [0.05, 0.1) is 21.6 Å². The fourth-order valence-electron chi connectivity index (χ4n) is 1.32. The molecule has 1 rings (SSSR count). The van der Waals surface area contributed by atoms with Crippen molar-refractivity contribution < 1.29 is 4.79 Å². The van der Waals surface area contributed by atoms with E-state index in [0.717, 1.165) is 5.56 Å². The molecular weight excluding hydrogens is 259 g/mol. The quantitative estimate of drug-likeness (QED) is 0.891. The molecule has 0 saturated heterocycles. The van der Waals surface area contributed by atoms with Crippen LogP contribution in [0.5, 0.6) is 0 Å². The van der Waals surface area contributed by atoms with Gasteiger partial charge in [0.1, 0.15) is 0 Å². The lowest BCUT2D eigenvalue weighted by Gasteiger charge is -2.22. The number of hydrogen-bond acceptors (Lipinski definition) is 2. The van der Waals surface area contributed by atoms with Gasteiger partial charge < -0.3 is 11.1 Å². The fourth-order valence-corrected chi connectivity index (χ4v) is 1.79. The number of carbonyl (C=O) groups is 1. The highest BCUT2D eigenvalue weighted by atomic mass is 35.5. The lowest BCUT2D eigenvalue weighted by Crippen LogP contribution is -2.49. The van der Waals surface area contributed by atoms with Gasteiger partial charge in [-0.05, 0) is 32.4 Å². The molecule has 1 atom stereocenters. The highest BCUT2D eigenvalue weighted by Crippen LogP contribution is 2.29. The maximum atomic E-state index is 11.7. The normalized spacial score (nSPS) is 13.3. The zero-order valence-electron chi connectivity index (χ0n) is 10.1. The average molecular weight is 275 g/mol. The summed E-state index contributed by atoms with van der Waals surface area (Å²) in [7, 11) is 0. The van der Waals surface area contributed by atoms with Gasteiger partial charge in [-0.25, -0.2) is 0 Å². The van der Waals surface area contributed by atoms with E-state index in [1.54, 1.807) is 26.0 Å². The zero-order valence-corrected chi connectivity index (χ0v) is 11.6. The Morgan fingerprint density at radius 3 is 2.53 bits per heavy atom. The molecule has 1 aromatic carbocycles. The Kier molecular flexibility index (Phi) is 4.42. The number of nitrogens with one attached hydrogen (secondary N) is 1. The number of rotatable bonds is 3. The second-order valence-electron chi connectivity index (χ2n) is 4.56. The molecule has 0 aliphatic heterocycles. The summed E-state index contributed by atoms with van der Waals surface area (Å²) in [4.78, 5) is 11.7. The molecular formula is C12H16Cl2N2O. The van der Waals surface area contributed by atoms with Gasteiger partial charge in [0.15, 0.2) is 0 Å². The number of amides is 1. The molecule has 3 nitrogen and oxygen atoms in total. The molecule has 0 saturated carbocycles. The fraction of sp³-hybridized carbons (Fsp3) is 0.417. The van der Waals surface area contributed by atoms with Gasteiger partial charge in [-0.1, -0.05) is 35.3 Å². The smallest absolute Gasteiger partial charge is 0.239 e. The van der Waals surface area contributed by atoms with Crippen LogP contribution in [0.4, 0.5) is 0 Å². The minimum atomic E-state index is -0.917. The van der Waals surface area contributed by atoms with Gasteiger partial charge in [-0.2, -0.15) is 0 Å². The van der Waals surface area contributed by atoms with Gasteiger partial charge in [-0.15, -0.1) is 0 Å². The number of halogens is 2. The van der Waals surface area contributed by atoms with E-state index < -0.39 is 5.54 Å². The molecule has 0 aromatic heterocycles. The highest BCUT2D eigenvalue weighted by molar-refractivity contribution is 6.42. The van der Waals surface area contributed by atoms with E-state index in [2.05, 4.69) is 5.32 Å². The minimum absolute atomic E-state index is 0.235. The molecule has 0 aliphatic carbocycles. The largest absolute Gasteiger partial charge is 0.348 e. The van der Waals surface area contributed by atoms with Crippen molar-refractivity contribution in [3.8, 4) is 0 Å². The second kappa shape index (κ2) is 5.25. The van der Waals surface area contributed by atoms with E-state index in [-0.39, 0.29) is 11.9 Å². The van der Waals surface area contributed by atoms with Crippen LogP contribution in [0.25, 0.3) is 0 Å². The first-order chi connectivity index (χ1) is 7.73. The van der Waals surface area contributed by atoms with Crippen LogP contribution in [-0.4, -0.2) is 11.4 Å². The number of benzene rings is 1. The molecule has 17 heavy (non-hydrogen) atoms. The Hall–Kier alpha value is -0.770. The molecule has 0 unspecified atom stereocenters. The summed E-state index contributed by atoms with van der Waals surface area (Å²) in [5, 5.41) is 3.72. The van der Waals surface area contributed by atoms with Crippen LogP contribution in [0.2, 0.25) is 10.0 Å². The Morgan fingerprint density at radius 2 is 2.00 bits per heavy atom. The molecule has 94 valence electrons. The SMILES string of the molecule is C[C@H](NC(=O)C(C)(C)N)c1cccc(Cl)c1Cl. The first-order valence-corrected chi connectivity index (χ1v) is 6.03. The average Bonchev–Trinajstić information content (AvgIpc) is 2.20. The van der Waals surface area contributed by atoms with Crippen molar-refractivity contribution in [2.45, 2.75) is 32.4 Å². The van der Waals surface area contributed by atoms with Crippen LogP contribution in [0.1, 0.15) is 32.4 Å². The Morgan fingerprint density at radius 1 is 1.41 bits per heavy atom. The minimum Gasteiger partial charge on any atom is -0.348 e. The third-order valence-corrected chi connectivity index (χ3v) is 3.21. The molecule has 0 radical (unpaired) electrons. The first kappa shape index (κ1) is 14.3. The third-order valence-electron chi connectivity index (χ3n) is 2.38. The van der Waals surface area contributed by atoms with Crippen LogP contribution in [0.3, 0.4) is 0 Å². The molecule has 3 N–H and O–H groups in total. The molecule has 0 spiro atoms. The summed E-state index contributed by atoms with van der Waals surface area (Å²) in [6.45, 7) is 5.13. The van der Waals surface area contributed by atoms with E-state index >= 15 is 0 Å². The van der Waals surface area contributed by atoms with Gasteiger partial charge in [0, 0.05) is 0 Å². The summed E-state index contributed by atoms with van der Waals surface area (Å²) in [5.41, 5.74) is 5.56. The molecule has 0 bridgehead atoms. The summed E-state index contributed by atoms with van der Waals surface area (Å²) < 4.78 is 0. The van der Waals surface area contributed by atoms with Gasteiger partial charge in [0.25, 0.3) is 0 Å². The lowest BCUT2D eigenvalue weighted by atomic mass is 10.0. The van der Waals surface area contributed by atoms with Crippen LogP contribution in [0.15, 0.2) is 18.2 Å². The molecule has 0 fully saturated rings. The van der Waals surface area contributed by atoms with Crippen LogP contribution in [-0.2, 0) is 4.79 Å². The van der Waals surface area contributed by atoms with Crippen molar-refractivity contribution in [1.82, 2.24) is 5.32 Å². The van der Waals surface area contributed by atoms with Crippen LogP contribution < -0.4 is 11.1 Å². The first-order valence-electron chi connectivity index (χ1n) is 5.27. The molecule has 1 amide bonds. The van der Waals surface area contributed by atoms with E-state index in [0.29, 0.717) is 10.0 Å². The standard InChI is InChI=1S/C12H16Cl2N2O/c1-7(16-11(17)12(2,3)15)8-5-4-6-9(13)10(8)14/h4-7H,15H2,1-3H3,(H,16,17)/t7-/m0/s1. The van der Waals surface area contributed by atoms with Crippen LogP contribution >= 0.6 is 23.2 Å². The summed E-state index contributed by atoms with van der Waals surface area (Å²) >= 11 is 12.0. The third kappa shape index (κ3) is 3.60. The van der Waals surface area contributed by atoms with Crippen molar-refractivity contribution in [3.63, 3.8) is 0 Å². The van der Waals surface area contributed by atoms with Gasteiger partial charge in [-0.3, -0.25) is 4.79 Å². The van der Waals surface area contributed by atoms with Crippen molar-refractivity contribution in [2.75, 3.05) is 0 Å². The topological polar surface area (TPSA) is 55.1 Å². The van der Waals surface area contributed by atoms with Gasteiger partial charge >= 0.3 is 0 Å². The maximum absolute atomic E-state index is 11.7. The van der Waals surface area contributed by atoms with E-state index in [9.17, 15) is 4.79 Å². The van der Waals surface area contributed by atoms with Crippen molar-refractivity contribution in [3.05, 3.63) is 33.8 Å². The monoisotopic (exact) mass is 274 g/mol. The maximum Gasteiger partial charge on any atom is 0.239 e. The van der Waals surface area contributed by atoms with Crippen molar-refractivity contribution >= 4 is 29.1 Å². The van der Waals surface area contributed by atoms with E-state index in [4.69, 9.17) is 28.9 Å². The lowest BCUT2D eigenvalue weighted by molar-refractivity contribution is -0.125. The second-order valence-corrected chi connectivity index (χ2v) is 5.35. The molecule has 0 heterocycles. The summed E-state index contributed by atoms with van der Waals surface area (Å²) in [5.74, 6) is -0.235. The predicted octanol–water partition coefficient (Wildman–Crippen LogP) is 2.91. The zero-order chi connectivity index (χ0) is 13.2. The number of hydrogen-bond donors (Lipinski definition) is 2. The number of carbonyl (C=O) groups excluding carboxylic acids is 1. The predicted molar refractivity (Wildman–Crippen MR) is 71.3 cm³/mol. The number of nitrogens with two attached hydrogens (primary N) is 1. The molecule has 5 heteroatoms. The summed E-state index contributed by atoms with van der Waals surface area (Å²) in [6.07, 6.45) is 0. The highest BCUT2D eigenvalue weighted by Gasteiger charge is 2.24. The Balaban J connectivity index is 2.88. The molecule has 0 aliphatic rings. The van der Waals surface area contributed by atoms with E-state index in [1.165, 1.54) is 0 Å². The summed E-state index contributed by atoms with van der Waals surface area (Å²) in [6, 6.07) is 5.08. The van der Waals surface area contributed by atoms with Crippen LogP contribution in [0, 0.1) is 0 Å². The van der Waals surface area contributed by atoms with Gasteiger partial charge in [0.2, 0.25) is 5.91 Å². The van der Waals surface area contributed by atoms with Crippen molar-refractivity contribution in [1.29, 1.82) is 0 Å².